The van der Waals surface area contributed by atoms with Crippen LogP contribution in [0.4, 0.5) is 20.6 Å². The minimum absolute atomic E-state index is 0.0494. The van der Waals surface area contributed by atoms with Crippen molar-refractivity contribution in [1.29, 1.82) is 0 Å². The summed E-state index contributed by atoms with van der Waals surface area (Å²) in [4.78, 5) is 18.9. The number of aromatic amines is 1. The summed E-state index contributed by atoms with van der Waals surface area (Å²) in [6.07, 6.45) is 1.58. The highest BCUT2D eigenvalue weighted by molar-refractivity contribution is 6.31. The van der Waals surface area contributed by atoms with Crippen molar-refractivity contribution in [2.24, 2.45) is 0 Å². The molecular formula is C14H10ClFN4O. The average Bonchev–Trinajstić information content (AvgIpc) is 2.90. The monoisotopic (exact) mass is 304 g/mol. The molecule has 0 aliphatic rings. The summed E-state index contributed by atoms with van der Waals surface area (Å²) in [5, 5.41) is 5.20. The largest absolute Gasteiger partial charge is 0.345 e. The van der Waals surface area contributed by atoms with E-state index in [1.165, 1.54) is 18.2 Å². The number of benzene rings is 2. The molecule has 0 atom stereocenters. The van der Waals surface area contributed by atoms with Gasteiger partial charge in [-0.25, -0.2) is 14.2 Å². The van der Waals surface area contributed by atoms with Crippen molar-refractivity contribution in [2.45, 2.75) is 0 Å². The number of aromatic nitrogens is 2. The lowest BCUT2D eigenvalue weighted by Gasteiger charge is -2.08. The van der Waals surface area contributed by atoms with Crippen molar-refractivity contribution in [1.82, 2.24) is 9.97 Å². The quantitative estimate of drug-likeness (QED) is 0.669. The molecule has 1 aromatic heterocycles. The molecule has 7 heteroatoms. The van der Waals surface area contributed by atoms with Crippen LogP contribution in [-0.2, 0) is 0 Å². The van der Waals surface area contributed by atoms with E-state index in [9.17, 15) is 9.18 Å². The minimum Gasteiger partial charge on any atom is -0.345 e. The van der Waals surface area contributed by atoms with Crippen LogP contribution >= 0.6 is 11.6 Å². The number of halogens is 2. The van der Waals surface area contributed by atoms with E-state index in [-0.39, 0.29) is 5.02 Å². The Morgan fingerprint density at radius 2 is 1.86 bits per heavy atom. The second-order valence-corrected chi connectivity index (χ2v) is 4.75. The van der Waals surface area contributed by atoms with E-state index in [1.807, 2.05) is 0 Å². The maximum absolute atomic E-state index is 13.0. The van der Waals surface area contributed by atoms with Gasteiger partial charge >= 0.3 is 6.03 Å². The van der Waals surface area contributed by atoms with Crippen molar-refractivity contribution in [3.63, 3.8) is 0 Å². The number of nitrogens with one attached hydrogen (secondary N) is 3. The highest BCUT2D eigenvalue weighted by Crippen LogP contribution is 2.20. The number of carbonyl (C=O) groups is 1. The number of nitrogens with zero attached hydrogens (tertiary/aromatic N) is 1. The summed E-state index contributed by atoms with van der Waals surface area (Å²) in [6, 6.07) is 8.80. The minimum atomic E-state index is -0.535. The maximum atomic E-state index is 13.0. The summed E-state index contributed by atoms with van der Waals surface area (Å²) < 4.78 is 13.0. The van der Waals surface area contributed by atoms with Crippen LogP contribution in [-0.4, -0.2) is 16.0 Å². The Labute approximate surface area is 124 Å². The molecule has 0 saturated heterocycles. The SMILES string of the molecule is O=C(Nc1ccc(F)c(Cl)c1)Nc1ccc2nc[nH]c2c1. The van der Waals surface area contributed by atoms with Crippen LogP contribution in [0, 0.1) is 5.82 Å². The Bertz CT molecular complexity index is 818. The van der Waals surface area contributed by atoms with Crippen molar-refractivity contribution >= 4 is 40.0 Å². The summed E-state index contributed by atoms with van der Waals surface area (Å²) in [5.41, 5.74) is 2.64. The van der Waals surface area contributed by atoms with Gasteiger partial charge in [0.25, 0.3) is 0 Å². The van der Waals surface area contributed by atoms with E-state index < -0.39 is 11.8 Å². The smallest absolute Gasteiger partial charge is 0.323 e. The third-order valence-electron chi connectivity index (χ3n) is 2.86. The average molecular weight is 305 g/mol. The number of imidazole rings is 1. The standard InChI is InChI=1S/C14H10ClFN4O/c15-10-5-8(1-3-11(10)16)19-14(21)20-9-2-4-12-13(6-9)18-7-17-12/h1-7H,(H,17,18)(H2,19,20,21). The van der Waals surface area contributed by atoms with Crippen molar-refractivity contribution < 1.29 is 9.18 Å². The lowest BCUT2D eigenvalue weighted by Crippen LogP contribution is -2.19. The number of amides is 2. The van der Waals surface area contributed by atoms with Crippen molar-refractivity contribution in [3.8, 4) is 0 Å². The number of urea groups is 1. The lowest BCUT2D eigenvalue weighted by atomic mass is 10.3. The number of hydrogen-bond acceptors (Lipinski definition) is 2. The number of carbonyl (C=O) groups excluding carboxylic acids is 1. The molecule has 0 unspecified atom stereocenters. The molecule has 0 aliphatic heterocycles. The van der Waals surface area contributed by atoms with Gasteiger partial charge in [0.1, 0.15) is 5.82 Å². The first-order chi connectivity index (χ1) is 10.1. The van der Waals surface area contributed by atoms with E-state index in [2.05, 4.69) is 20.6 Å². The number of anilines is 2. The fourth-order valence-corrected chi connectivity index (χ4v) is 2.06. The Balaban J connectivity index is 1.71. The van der Waals surface area contributed by atoms with E-state index in [0.29, 0.717) is 11.4 Å². The van der Waals surface area contributed by atoms with Gasteiger partial charge < -0.3 is 15.6 Å². The summed E-state index contributed by atoms with van der Waals surface area (Å²) in [7, 11) is 0. The molecule has 3 aromatic rings. The van der Waals surface area contributed by atoms with Crippen LogP contribution in [0.15, 0.2) is 42.7 Å². The van der Waals surface area contributed by atoms with Crippen LogP contribution in [0.5, 0.6) is 0 Å². The van der Waals surface area contributed by atoms with Gasteiger partial charge in [0, 0.05) is 11.4 Å². The van der Waals surface area contributed by atoms with Gasteiger partial charge in [-0.05, 0) is 36.4 Å². The summed E-state index contributed by atoms with van der Waals surface area (Å²) in [5.74, 6) is -0.535. The molecular weight excluding hydrogens is 295 g/mol. The summed E-state index contributed by atoms with van der Waals surface area (Å²) >= 11 is 5.65. The fraction of sp³-hybridized carbons (Fsp3) is 0. The normalized spacial score (nSPS) is 10.6. The fourth-order valence-electron chi connectivity index (χ4n) is 1.88. The molecule has 1 heterocycles. The molecule has 3 N–H and O–H groups in total. The van der Waals surface area contributed by atoms with Crippen LogP contribution in [0.2, 0.25) is 5.02 Å². The van der Waals surface area contributed by atoms with Gasteiger partial charge in [-0.2, -0.15) is 0 Å². The number of H-pyrrole nitrogens is 1. The van der Waals surface area contributed by atoms with Crippen LogP contribution in [0.3, 0.4) is 0 Å². The second kappa shape index (κ2) is 5.41. The van der Waals surface area contributed by atoms with Gasteiger partial charge in [0.15, 0.2) is 0 Å². The molecule has 2 amide bonds. The molecule has 3 rings (SSSR count). The van der Waals surface area contributed by atoms with E-state index >= 15 is 0 Å². The Hall–Kier alpha value is -2.60. The highest BCUT2D eigenvalue weighted by Gasteiger charge is 2.06. The van der Waals surface area contributed by atoms with Gasteiger partial charge in [0.2, 0.25) is 0 Å². The molecule has 5 nitrogen and oxygen atoms in total. The van der Waals surface area contributed by atoms with E-state index in [1.54, 1.807) is 24.5 Å². The number of hydrogen-bond donors (Lipinski definition) is 3. The number of fused-ring (bicyclic) bond motifs is 1. The topological polar surface area (TPSA) is 69.8 Å². The highest BCUT2D eigenvalue weighted by atomic mass is 35.5. The summed E-state index contributed by atoms with van der Waals surface area (Å²) in [6.45, 7) is 0. The molecule has 0 fully saturated rings. The van der Waals surface area contributed by atoms with Crippen LogP contribution < -0.4 is 10.6 Å². The second-order valence-electron chi connectivity index (χ2n) is 4.34. The van der Waals surface area contributed by atoms with E-state index in [4.69, 9.17) is 11.6 Å². The van der Waals surface area contributed by atoms with Gasteiger partial charge in [0.05, 0.1) is 22.4 Å². The first kappa shape index (κ1) is 13.4. The zero-order valence-electron chi connectivity index (χ0n) is 10.7. The number of rotatable bonds is 2. The zero-order valence-corrected chi connectivity index (χ0v) is 11.4. The third-order valence-corrected chi connectivity index (χ3v) is 3.15. The Morgan fingerprint density at radius 3 is 2.62 bits per heavy atom. The predicted octanol–water partition coefficient (Wildman–Crippen LogP) is 4.00. The third kappa shape index (κ3) is 2.95. The van der Waals surface area contributed by atoms with Gasteiger partial charge in [-0.15, -0.1) is 0 Å². The molecule has 106 valence electrons. The van der Waals surface area contributed by atoms with E-state index in [0.717, 1.165) is 11.0 Å². The van der Waals surface area contributed by atoms with Crippen molar-refractivity contribution in [2.75, 3.05) is 10.6 Å². The molecule has 0 radical (unpaired) electrons. The Kier molecular flexibility index (Phi) is 3.45. The molecule has 0 aliphatic carbocycles. The Morgan fingerprint density at radius 1 is 1.14 bits per heavy atom. The molecule has 0 bridgehead atoms. The molecule has 0 spiro atoms. The first-order valence-electron chi connectivity index (χ1n) is 6.08. The lowest BCUT2D eigenvalue weighted by molar-refractivity contribution is 0.262. The van der Waals surface area contributed by atoms with Crippen molar-refractivity contribution in [3.05, 3.63) is 53.6 Å². The van der Waals surface area contributed by atoms with Gasteiger partial charge in [-0.3, -0.25) is 0 Å². The first-order valence-corrected chi connectivity index (χ1v) is 6.46. The predicted molar refractivity (Wildman–Crippen MR) is 80.1 cm³/mol. The van der Waals surface area contributed by atoms with Crippen LogP contribution in [0.25, 0.3) is 11.0 Å². The maximum Gasteiger partial charge on any atom is 0.323 e. The van der Waals surface area contributed by atoms with Crippen LogP contribution in [0.1, 0.15) is 0 Å². The molecule has 2 aromatic carbocycles. The molecule has 21 heavy (non-hydrogen) atoms. The molecule has 0 saturated carbocycles. The van der Waals surface area contributed by atoms with Gasteiger partial charge in [-0.1, -0.05) is 11.6 Å². The zero-order chi connectivity index (χ0) is 14.8.